The van der Waals surface area contributed by atoms with E-state index in [0.29, 0.717) is 0 Å². The highest BCUT2D eigenvalue weighted by molar-refractivity contribution is 7.99. The van der Waals surface area contributed by atoms with E-state index < -0.39 is 0 Å². The molecule has 1 fully saturated rings. The lowest BCUT2D eigenvalue weighted by molar-refractivity contribution is 0.0764. The average Bonchev–Trinajstić information content (AvgIpc) is 3.30. The maximum atomic E-state index is 13.2. The van der Waals surface area contributed by atoms with Crippen molar-refractivity contribution in [1.29, 1.82) is 0 Å². The van der Waals surface area contributed by atoms with Crippen LogP contribution in [0.15, 0.2) is 60.7 Å². The van der Waals surface area contributed by atoms with Crippen LogP contribution in [0.4, 0.5) is 0 Å². The zero-order valence-electron chi connectivity index (χ0n) is 13.9. The molecular weight excluding hydrogens is 348 g/mol. The SMILES string of the molecule is Cc1nc(-c2ccccc2)sc1C(=O)N1CCSC1c1ccccc1. The maximum Gasteiger partial charge on any atom is 0.267 e. The third-order valence-corrected chi connectivity index (χ3v) is 6.70. The Bertz CT molecular complexity index is 877. The number of benzene rings is 2. The van der Waals surface area contributed by atoms with Crippen LogP contribution >= 0.6 is 23.1 Å². The molecule has 1 atom stereocenters. The van der Waals surface area contributed by atoms with Gasteiger partial charge in [-0.2, -0.15) is 0 Å². The lowest BCUT2D eigenvalue weighted by Gasteiger charge is -2.23. The lowest BCUT2D eigenvalue weighted by atomic mass is 10.2. The first-order valence-corrected chi connectivity index (χ1v) is 10.1. The van der Waals surface area contributed by atoms with Crippen molar-refractivity contribution in [2.45, 2.75) is 12.3 Å². The van der Waals surface area contributed by atoms with Crippen molar-refractivity contribution in [3.05, 3.63) is 76.8 Å². The second-order valence-electron chi connectivity index (χ2n) is 5.93. The van der Waals surface area contributed by atoms with Crippen LogP contribution in [0, 0.1) is 6.92 Å². The van der Waals surface area contributed by atoms with Gasteiger partial charge in [-0.15, -0.1) is 23.1 Å². The zero-order chi connectivity index (χ0) is 17.2. The van der Waals surface area contributed by atoms with Crippen LogP contribution < -0.4 is 0 Å². The Balaban J connectivity index is 1.64. The molecule has 3 nitrogen and oxygen atoms in total. The smallest absolute Gasteiger partial charge is 0.267 e. The van der Waals surface area contributed by atoms with Gasteiger partial charge in [-0.1, -0.05) is 60.7 Å². The van der Waals surface area contributed by atoms with Gasteiger partial charge in [0.25, 0.3) is 5.91 Å². The van der Waals surface area contributed by atoms with Crippen molar-refractivity contribution in [3.8, 4) is 10.6 Å². The number of hydrogen-bond donors (Lipinski definition) is 0. The quantitative estimate of drug-likeness (QED) is 0.653. The van der Waals surface area contributed by atoms with Crippen LogP contribution in [0.5, 0.6) is 0 Å². The van der Waals surface area contributed by atoms with Crippen LogP contribution in [-0.2, 0) is 0 Å². The molecule has 0 saturated carbocycles. The monoisotopic (exact) mass is 366 g/mol. The highest BCUT2D eigenvalue weighted by Gasteiger charge is 2.33. The van der Waals surface area contributed by atoms with Crippen molar-refractivity contribution in [2.24, 2.45) is 0 Å². The van der Waals surface area contributed by atoms with Crippen molar-refractivity contribution in [1.82, 2.24) is 9.88 Å². The summed E-state index contributed by atoms with van der Waals surface area (Å²) >= 11 is 3.32. The fraction of sp³-hybridized carbons (Fsp3) is 0.200. The van der Waals surface area contributed by atoms with E-state index in [1.165, 1.54) is 16.9 Å². The van der Waals surface area contributed by atoms with E-state index in [1.807, 2.05) is 72.1 Å². The predicted octanol–water partition coefficient (Wildman–Crippen LogP) is 5.01. The Morgan fingerprint density at radius 1 is 1.08 bits per heavy atom. The third kappa shape index (κ3) is 3.22. The number of thioether (sulfide) groups is 1. The van der Waals surface area contributed by atoms with E-state index in [-0.39, 0.29) is 11.3 Å². The number of rotatable bonds is 3. The van der Waals surface area contributed by atoms with Crippen LogP contribution in [0.2, 0.25) is 0 Å². The van der Waals surface area contributed by atoms with Gasteiger partial charge in [-0.05, 0) is 12.5 Å². The summed E-state index contributed by atoms with van der Waals surface area (Å²) in [5.74, 6) is 1.06. The highest BCUT2D eigenvalue weighted by atomic mass is 32.2. The van der Waals surface area contributed by atoms with Gasteiger partial charge in [0.15, 0.2) is 0 Å². The number of carbonyl (C=O) groups is 1. The standard InChI is InChI=1S/C20H18N2OS2/c1-14-17(25-18(21-14)15-8-4-2-5-9-15)19(23)22-12-13-24-20(22)16-10-6-3-7-11-16/h2-11,20H,12-13H2,1H3. The lowest BCUT2D eigenvalue weighted by Crippen LogP contribution is -2.30. The average molecular weight is 367 g/mol. The summed E-state index contributed by atoms with van der Waals surface area (Å²) in [6.07, 6.45) is 0. The molecular formula is C20H18N2OS2. The number of aryl methyl sites for hydroxylation is 1. The van der Waals surface area contributed by atoms with Crippen molar-refractivity contribution >= 4 is 29.0 Å². The minimum Gasteiger partial charge on any atom is -0.321 e. The normalized spacial score (nSPS) is 17.0. The molecule has 0 radical (unpaired) electrons. The largest absolute Gasteiger partial charge is 0.321 e. The molecule has 0 N–H and O–H groups in total. The number of hydrogen-bond acceptors (Lipinski definition) is 4. The molecule has 4 rings (SSSR count). The molecule has 1 saturated heterocycles. The van der Waals surface area contributed by atoms with E-state index in [9.17, 15) is 4.79 Å². The summed E-state index contributed by atoms with van der Waals surface area (Å²) in [6.45, 7) is 2.71. The summed E-state index contributed by atoms with van der Waals surface area (Å²) in [5, 5.41) is 1.000. The zero-order valence-corrected chi connectivity index (χ0v) is 15.5. The predicted molar refractivity (Wildman–Crippen MR) is 105 cm³/mol. The Labute approximate surface area is 155 Å². The van der Waals surface area contributed by atoms with Gasteiger partial charge in [0.05, 0.1) is 5.69 Å². The van der Waals surface area contributed by atoms with E-state index in [0.717, 1.165) is 33.4 Å². The first-order valence-electron chi connectivity index (χ1n) is 8.24. The third-order valence-electron chi connectivity index (χ3n) is 4.25. The number of amides is 1. The maximum absolute atomic E-state index is 13.2. The van der Waals surface area contributed by atoms with Gasteiger partial charge < -0.3 is 4.90 Å². The minimum absolute atomic E-state index is 0.0929. The molecule has 0 bridgehead atoms. The molecule has 1 aliphatic rings. The summed E-state index contributed by atoms with van der Waals surface area (Å²) in [7, 11) is 0. The Morgan fingerprint density at radius 3 is 2.48 bits per heavy atom. The highest BCUT2D eigenvalue weighted by Crippen LogP contribution is 2.40. The van der Waals surface area contributed by atoms with Gasteiger partial charge in [0.1, 0.15) is 15.3 Å². The molecule has 1 amide bonds. The fourth-order valence-corrected chi connectivity index (χ4v) is 5.29. The van der Waals surface area contributed by atoms with E-state index >= 15 is 0 Å². The first kappa shape index (κ1) is 16.4. The van der Waals surface area contributed by atoms with Gasteiger partial charge in [0, 0.05) is 17.9 Å². The van der Waals surface area contributed by atoms with Crippen molar-refractivity contribution in [2.75, 3.05) is 12.3 Å². The summed E-state index contributed by atoms with van der Waals surface area (Å²) in [5.41, 5.74) is 3.06. The minimum atomic E-state index is 0.0929. The van der Waals surface area contributed by atoms with Gasteiger partial charge in [-0.25, -0.2) is 4.98 Å². The molecule has 3 aromatic rings. The number of thiazole rings is 1. The summed E-state index contributed by atoms with van der Waals surface area (Å²) < 4.78 is 0. The molecule has 0 spiro atoms. The van der Waals surface area contributed by atoms with Gasteiger partial charge in [0.2, 0.25) is 0 Å². The van der Waals surface area contributed by atoms with Gasteiger partial charge in [-0.3, -0.25) is 4.79 Å². The van der Waals surface area contributed by atoms with Crippen LogP contribution in [0.25, 0.3) is 10.6 Å². The first-order chi connectivity index (χ1) is 12.2. The van der Waals surface area contributed by atoms with Crippen molar-refractivity contribution < 1.29 is 4.79 Å². The molecule has 5 heteroatoms. The summed E-state index contributed by atoms with van der Waals surface area (Å²) in [4.78, 5) is 20.5. The van der Waals surface area contributed by atoms with E-state index in [1.54, 1.807) is 0 Å². The van der Waals surface area contributed by atoms with E-state index in [2.05, 4.69) is 17.1 Å². The Kier molecular flexibility index (Phi) is 4.59. The molecule has 1 unspecified atom stereocenters. The van der Waals surface area contributed by atoms with Crippen LogP contribution in [0.1, 0.15) is 26.3 Å². The fourth-order valence-electron chi connectivity index (χ4n) is 3.00. The van der Waals surface area contributed by atoms with Crippen LogP contribution in [0.3, 0.4) is 0 Å². The molecule has 25 heavy (non-hydrogen) atoms. The topological polar surface area (TPSA) is 33.2 Å². The summed E-state index contributed by atoms with van der Waals surface area (Å²) in [6, 6.07) is 20.3. The molecule has 126 valence electrons. The second kappa shape index (κ2) is 7.02. The Morgan fingerprint density at radius 2 is 1.76 bits per heavy atom. The number of nitrogens with zero attached hydrogens (tertiary/aromatic N) is 2. The van der Waals surface area contributed by atoms with Crippen LogP contribution in [-0.4, -0.2) is 28.1 Å². The number of carbonyl (C=O) groups excluding carboxylic acids is 1. The van der Waals surface area contributed by atoms with E-state index in [4.69, 9.17) is 0 Å². The Hall–Kier alpha value is -2.11. The van der Waals surface area contributed by atoms with Gasteiger partial charge >= 0.3 is 0 Å². The number of aromatic nitrogens is 1. The molecule has 1 aromatic heterocycles. The molecule has 1 aliphatic heterocycles. The molecule has 2 heterocycles. The van der Waals surface area contributed by atoms with Crippen molar-refractivity contribution in [3.63, 3.8) is 0 Å². The molecule has 2 aromatic carbocycles. The molecule has 0 aliphatic carbocycles. The second-order valence-corrected chi connectivity index (χ2v) is 8.12.